The van der Waals surface area contributed by atoms with Crippen LogP contribution in [0.1, 0.15) is 80.5 Å². The molecule has 3 fully saturated rings. The number of amides is 4. The summed E-state index contributed by atoms with van der Waals surface area (Å²) in [7, 11) is 0. The molecule has 3 N–H and O–H groups in total. The van der Waals surface area contributed by atoms with E-state index < -0.39 is 114 Å². The van der Waals surface area contributed by atoms with Crippen LogP contribution >= 0.6 is 11.6 Å². The molecule has 4 amide bonds. The molecule has 60 heavy (non-hydrogen) atoms. The largest absolute Gasteiger partial charge is 0.508 e. The Balaban J connectivity index is 1.04. The van der Waals surface area contributed by atoms with E-state index in [1.54, 1.807) is 48.5 Å². The highest BCUT2D eigenvalue weighted by Gasteiger charge is 2.49. The van der Waals surface area contributed by atoms with Crippen LogP contribution in [0.4, 0.5) is 24.5 Å². The molecule has 11 nitrogen and oxygen atoms in total. The van der Waals surface area contributed by atoms with Crippen molar-refractivity contribution >= 4 is 57.8 Å². The normalized spacial score (nSPS) is 24.8. The molecule has 15 heteroatoms. The number of hydrogen-bond donors (Lipinski definition) is 3. The van der Waals surface area contributed by atoms with Gasteiger partial charge < -0.3 is 20.0 Å². The van der Waals surface area contributed by atoms with E-state index in [2.05, 4.69) is 0 Å². The topological polar surface area (TPSA) is 134 Å². The monoisotopic (exact) mass is 849 g/mol. The molecular formula is C45H43ClF3N5O6. The van der Waals surface area contributed by atoms with Gasteiger partial charge in [-0.25, -0.2) is 13.2 Å². The minimum absolute atomic E-state index is 0.0842. The van der Waals surface area contributed by atoms with Gasteiger partial charge in [-0.05, 0) is 95.8 Å². The predicted molar refractivity (Wildman–Crippen MR) is 220 cm³/mol. The van der Waals surface area contributed by atoms with Crippen molar-refractivity contribution in [3.8, 4) is 11.5 Å². The highest BCUT2D eigenvalue weighted by atomic mass is 35.5. The fraction of sp³-hybridized carbons (Fsp3) is 0.333. The first-order valence-corrected chi connectivity index (χ1v) is 19.7. The Hall–Kier alpha value is -5.86. The van der Waals surface area contributed by atoms with Gasteiger partial charge in [-0.1, -0.05) is 36.4 Å². The number of rotatable bonds is 10. The number of benzene rings is 4. The average Bonchev–Trinajstić information content (AvgIpc) is 3.55. The lowest BCUT2D eigenvalue weighted by molar-refractivity contribution is -0.136. The zero-order chi connectivity index (χ0) is 49.4. The number of piperazine rings is 1. The first-order valence-electron chi connectivity index (χ1n) is 23.2. The molecule has 3 saturated heterocycles. The molecular weight excluding hydrogens is 799 g/mol. The third-order valence-electron chi connectivity index (χ3n) is 11.1. The Morgan fingerprint density at radius 3 is 1.83 bits per heavy atom. The number of nitrogens with one attached hydrogen (secondary N) is 1. The number of alkyl halides is 1. The van der Waals surface area contributed by atoms with Gasteiger partial charge in [-0.3, -0.25) is 34.3 Å². The summed E-state index contributed by atoms with van der Waals surface area (Å²) in [6.45, 7) is -14.9. The van der Waals surface area contributed by atoms with Crippen LogP contribution in [0.15, 0.2) is 72.8 Å². The summed E-state index contributed by atoms with van der Waals surface area (Å²) in [5.41, 5.74) is 0.0117. The van der Waals surface area contributed by atoms with Crippen LogP contribution < -0.4 is 15.1 Å². The van der Waals surface area contributed by atoms with Gasteiger partial charge in [0.25, 0.3) is 11.8 Å². The first kappa shape index (κ1) is 32.0. The van der Waals surface area contributed by atoms with E-state index in [0.717, 1.165) is 33.5 Å². The molecule has 0 aliphatic carbocycles. The number of piperidine rings is 2. The molecule has 1 atom stereocenters. The second kappa shape index (κ2) is 17.0. The number of allylic oxidation sites excluding steroid dienone is 1. The zero-order valence-electron chi connectivity index (χ0n) is 39.8. The number of aromatic hydroxyl groups is 2. The molecule has 4 aliphatic rings. The summed E-state index contributed by atoms with van der Waals surface area (Å²) in [4.78, 5) is 53.0. The van der Waals surface area contributed by atoms with Crippen LogP contribution in [0.3, 0.4) is 0 Å². The van der Waals surface area contributed by atoms with Crippen LogP contribution in [0.5, 0.6) is 11.5 Å². The van der Waals surface area contributed by atoms with Crippen molar-refractivity contribution in [3.63, 3.8) is 0 Å². The summed E-state index contributed by atoms with van der Waals surface area (Å²) in [5.74, 6) is -12.2. The molecule has 1 unspecified atom stereocenters. The van der Waals surface area contributed by atoms with E-state index in [4.69, 9.17) is 22.6 Å². The molecule has 4 aliphatic heterocycles. The smallest absolute Gasteiger partial charge is 0.265 e. The minimum atomic E-state index is -3.90. The SMILES string of the molecule is [2H]C1([2H])N(CC2CCN(c3ccc(C(=C(CCCl)c4ccc(O)cc4)c4ccc(O)cc4)cc3)CC2)C([2H])([2H])C([2H])([2H])N(c2c(F)c(F)c3c(c2F)C(=O)N(C2CCC(=O)NC2=O)C3=O)C1([2H])[2H]. The standard InChI is InChI=1S/C45H43ClF3N5O6/c46-18-15-33(27-3-9-31(55)10-4-27)36(29-5-11-32(56)12-6-29)28-1-7-30(8-2-28)52-19-16-26(17-20-52)25-51-21-23-53(24-22-51)42-40(48)38-37(39(47)41(42)49)44(59)54(45(38)60)34-13-14-35(57)50-43(34)58/h1-12,26,34,55-56H,13-25H2,(H,50,57,58)/i21D2,22D2,23D2,24D2. The Morgan fingerprint density at radius 2 is 1.27 bits per heavy atom. The van der Waals surface area contributed by atoms with Crippen LogP contribution in [-0.4, -0.2) is 101 Å². The number of halogens is 4. The van der Waals surface area contributed by atoms with Crippen molar-refractivity contribution in [3.05, 3.63) is 118 Å². The Kier molecular flexibility index (Phi) is 9.07. The molecule has 4 aromatic rings. The summed E-state index contributed by atoms with van der Waals surface area (Å²) < 4.78 is 120. The zero-order valence-corrected chi connectivity index (χ0v) is 32.5. The van der Waals surface area contributed by atoms with Gasteiger partial charge in [-0.2, -0.15) is 0 Å². The second-order valence-electron chi connectivity index (χ2n) is 14.7. The number of anilines is 2. The Morgan fingerprint density at radius 1 is 0.717 bits per heavy atom. The summed E-state index contributed by atoms with van der Waals surface area (Å²) >= 11 is 6.29. The molecule has 312 valence electrons. The van der Waals surface area contributed by atoms with E-state index >= 15 is 13.2 Å². The van der Waals surface area contributed by atoms with Gasteiger partial charge in [-0.15, -0.1) is 11.6 Å². The van der Waals surface area contributed by atoms with Gasteiger partial charge in [0.2, 0.25) is 11.8 Å². The third-order valence-corrected chi connectivity index (χ3v) is 11.3. The minimum Gasteiger partial charge on any atom is -0.508 e. The van der Waals surface area contributed by atoms with E-state index in [0.29, 0.717) is 43.1 Å². The molecule has 0 radical (unpaired) electrons. The maximum Gasteiger partial charge on any atom is 0.265 e. The molecule has 0 saturated carbocycles. The molecule has 8 rings (SSSR count). The number of hydrogen-bond acceptors (Lipinski definition) is 9. The Labute approximate surface area is 360 Å². The maximum atomic E-state index is 16.6. The summed E-state index contributed by atoms with van der Waals surface area (Å²) in [6, 6.07) is 19.4. The van der Waals surface area contributed by atoms with Gasteiger partial charge in [0, 0.05) is 69.1 Å². The van der Waals surface area contributed by atoms with Crippen LogP contribution in [-0.2, 0) is 9.59 Å². The van der Waals surface area contributed by atoms with Crippen molar-refractivity contribution in [1.29, 1.82) is 0 Å². The van der Waals surface area contributed by atoms with E-state index in [1.807, 2.05) is 34.5 Å². The number of nitrogens with zero attached hydrogens (tertiary/aromatic N) is 4. The second-order valence-corrected chi connectivity index (χ2v) is 15.1. The maximum absolute atomic E-state index is 16.6. The Bertz CT molecular complexity index is 2720. The lowest BCUT2D eigenvalue weighted by atomic mass is 9.88. The van der Waals surface area contributed by atoms with E-state index in [-0.39, 0.29) is 22.8 Å². The summed E-state index contributed by atoms with van der Waals surface area (Å²) in [6.07, 6.45) is 0.232. The van der Waals surface area contributed by atoms with E-state index in [9.17, 15) is 29.4 Å². The lowest BCUT2D eigenvalue weighted by Gasteiger charge is -2.40. The highest BCUT2D eigenvalue weighted by Crippen LogP contribution is 2.40. The lowest BCUT2D eigenvalue weighted by Crippen LogP contribution is -2.54. The van der Waals surface area contributed by atoms with Crippen LogP contribution in [0, 0.1) is 23.4 Å². The molecule has 0 aromatic heterocycles. The third kappa shape index (κ3) is 7.81. The van der Waals surface area contributed by atoms with Gasteiger partial charge in [0.05, 0.1) is 16.6 Å². The fourth-order valence-corrected chi connectivity index (χ4v) is 8.24. The molecule has 4 heterocycles. The number of phenols is 2. The summed E-state index contributed by atoms with van der Waals surface area (Å²) in [5, 5.41) is 21.9. The first-order chi connectivity index (χ1) is 31.9. The number of carbonyl (C=O) groups is 4. The van der Waals surface area contributed by atoms with Crippen molar-refractivity contribution in [2.75, 3.05) is 61.3 Å². The quantitative estimate of drug-likeness (QED) is 0.0704. The van der Waals surface area contributed by atoms with Crippen molar-refractivity contribution in [1.82, 2.24) is 15.1 Å². The number of carbonyl (C=O) groups excluding carboxylic acids is 4. The van der Waals surface area contributed by atoms with Crippen molar-refractivity contribution in [2.24, 2.45) is 5.92 Å². The fourth-order valence-electron chi connectivity index (χ4n) is 8.06. The van der Waals surface area contributed by atoms with Crippen LogP contribution in [0.2, 0.25) is 0 Å². The predicted octanol–water partition coefficient (Wildman–Crippen LogP) is 6.54. The van der Waals surface area contributed by atoms with Crippen LogP contribution in [0.25, 0.3) is 11.1 Å². The molecule has 0 spiro atoms. The van der Waals surface area contributed by atoms with Crippen molar-refractivity contribution < 1.29 is 53.5 Å². The average molecular weight is 850 g/mol. The van der Waals surface area contributed by atoms with Gasteiger partial charge >= 0.3 is 0 Å². The number of fused-ring (bicyclic) bond motifs is 1. The van der Waals surface area contributed by atoms with Gasteiger partial charge in [0.1, 0.15) is 23.2 Å². The van der Waals surface area contributed by atoms with Crippen molar-refractivity contribution in [2.45, 2.75) is 38.1 Å². The van der Waals surface area contributed by atoms with Gasteiger partial charge in [0.15, 0.2) is 17.5 Å². The number of phenolic OH excluding ortho intramolecular Hbond substituents is 2. The highest BCUT2D eigenvalue weighted by molar-refractivity contribution is 6.24. The molecule has 4 aromatic carbocycles. The number of imide groups is 2. The molecule has 0 bridgehead atoms. The van der Waals surface area contributed by atoms with E-state index in [1.165, 1.54) is 0 Å².